The van der Waals surface area contributed by atoms with E-state index < -0.39 is 0 Å². The molecule has 3 heterocycles. The summed E-state index contributed by atoms with van der Waals surface area (Å²) in [5.74, 6) is 0.709. The van der Waals surface area contributed by atoms with Crippen LogP contribution in [0.4, 0.5) is 0 Å². The summed E-state index contributed by atoms with van der Waals surface area (Å²) in [7, 11) is 0. The highest BCUT2D eigenvalue weighted by atomic mass is 15.0. The van der Waals surface area contributed by atoms with Crippen LogP contribution in [0.25, 0.3) is 110 Å². The lowest BCUT2D eigenvalue weighted by Gasteiger charge is -2.22. The minimum Gasteiger partial charge on any atom is -0.309 e. The van der Waals surface area contributed by atoms with Gasteiger partial charge in [-0.05, 0) is 99.8 Å². The molecule has 0 bridgehead atoms. The van der Waals surface area contributed by atoms with Crippen molar-refractivity contribution >= 4 is 65.3 Å². The number of hydrogen-bond acceptors (Lipinski definition) is 2. The number of benzene rings is 9. The van der Waals surface area contributed by atoms with E-state index in [4.69, 9.17) is 9.97 Å². The summed E-state index contributed by atoms with van der Waals surface area (Å²) < 4.78 is 4.80. The van der Waals surface area contributed by atoms with E-state index >= 15 is 0 Å². The Balaban J connectivity index is 0.976. The van der Waals surface area contributed by atoms with Crippen molar-refractivity contribution in [2.45, 2.75) is 19.3 Å². The van der Waals surface area contributed by atoms with Crippen LogP contribution in [0.1, 0.15) is 25.0 Å². The third-order valence-corrected chi connectivity index (χ3v) is 13.3. The SMILES string of the molecule is CC1(C)c2ccccc2-c2ccc(-c3nc(-c4cccc(-n5c6ccccc6c6cc7ccc(-n8c9ccccc9c9ccccc98)cc7cc65)c4)nc4ccccc34)cc21. The largest absolute Gasteiger partial charge is 0.309 e. The maximum atomic E-state index is 5.41. The molecule has 9 aromatic carbocycles. The third kappa shape index (κ3) is 4.93. The summed E-state index contributed by atoms with van der Waals surface area (Å²) in [6.07, 6.45) is 0. The van der Waals surface area contributed by atoms with Crippen LogP contribution in [-0.2, 0) is 5.41 Å². The second kappa shape index (κ2) is 12.6. The highest BCUT2D eigenvalue weighted by Crippen LogP contribution is 2.50. The van der Waals surface area contributed by atoms with E-state index in [1.165, 1.54) is 65.6 Å². The van der Waals surface area contributed by atoms with E-state index in [0.717, 1.165) is 50.1 Å². The molecule has 12 aromatic rings. The van der Waals surface area contributed by atoms with Crippen LogP contribution in [0.2, 0.25) is 0 Å². The quantitative estimate of drug-likeness (QED) is 0.178. The predicted molar refractivity (Wildman–Crippen MR) is 254 cm³/mol. The Morgan fingerprint density at radius 1 is 0.377 bits per heavy atom. The molecule has 0 N–H and O–H groups in total. The van der Waals surface area contributed by atoms with Gasteiger partial charge in [0.2, 0.25) is 0 Å². The van der Waals surface area contributed by atoms with Crippen LogP contribution < -0.4 is 0 Å². The van der Waals surface area contributed by atoms with E-state index in [1.54, 1.807) is 0 Å². The van der Waals surface area contributed by atoms with Gasteiger partial charge in [0.05, 0.1) is 33.3 Å². The van der Waals surface area contributed by atoms with Crippen molar-refractivity contribution in [3.05, 3.63) is 205 Å². The molecule has 0 unspecified atom stereocenters. The van der Waals surface area contributed by atoms with E-state index in [1.807, 2.05) is 0 Å². The molecule has 0 atom stereocenters. The molecular formula is C57H38N4. The van der Waals surface area contributed by atoms with Gasteiger partial charge < -0.3 is 9.13 Å². The number of hydrogen-bond donors (Lipinski definition) is 0. The van der Waals surface area contributed by atoms with Gasteiger partial charge in [0, 0.05) is 54.8 Å². The summed E-state index contributed by atoms with van der Waals surface area (Å²) in [5, 5.41) is 8.42. The standard InChI is InChI=1S/C57H38N4/c1-57(2)48-21-8-3-16-41(48)42-29-27-36(33-49(42)57)55-46-20-4-9-22-50(46)58-56(59-55)37-14-13-15-39(30-37)61-53-25-12-7-19-45(53)47-32-35-26-28-40(31-38(35)34-54(47)61)60-51-23-10-5-17-43(51)44-18-6-11-24-52(44)60/h3-34H,1-2H3. The Bertz CT molecular complexity index is 3750. The van der Waals surface area contributed by atoms with Crippen LogP contribution in [0, 0.1) is 0 Å². The smallest absolute Gasteiger partial charge is 0.160 e. The Morgan fingerprint density at radius 3 is 1.77 bits per heavy atom. The normalized spacial score (nSPS) is 13.2. The van der Waals surface area contributed by atoms with Crippen LogP contribution >= 0.6 is 0 Å². The fourth-order valence-corrected chi connectivity index (χ4v) is 10.4. The number of aromatic nitrogens is 4. The zero-order valence-corrected chi connectivity index (χ0v) is 33.8. The first kappa shape index (κ1) is 34.1. The second-order valence-electron chi connectivity index (χ2n) is 17.0. The minimum atomic E-state index is -0.109. The molecule has 61 heavy (non-hydrogen) atoms. The topological polar surface area (TPSA) is 35.6 Å². The molecule has 1 aliphatic carbocycles. The molecule has 1 aliphatic rings. The van der Waals surface area contributed by atoms with Gasteiger partial charge in [-0.2, -0.15) is 0 Å². The van der Waals surface area contributed by atoms with E-state index in [0.29, 0.717) is 5.82 Å². The van der Waals surface area contributed by atoms with E-state index in [9.17, 15) is 0 Å². The molecule has 0 saturated heterocycles. The van der Waals surface area contributed by atoms with Crippen molar-refractivity contribution < 1.29 is 0 Å². The zero-order chi connectivity index (χ0) is 40.4. The molecule has 13 rings (SSSR count). The van der Waals surface area contributed by atoms with E-state index in [-0.39, 0.29) is 5.41 Å². The Hall–Kier alpha value is -7.82. The van der Waals surface area contributed by atoms with Gasteiger partial charge in [0.1, 0.15) is 0 Å². The number of fused-ring (bicyclic) bond motifs is 11. The molecule has 3 aromatic heterocycles. The number of rotatable bonds is 4. The van der Waals surface area contributed by atoms with Crippen LogP contribution in [0.5, 0.6) is 0 Å². The van der Waals surface area contributed by atoms with Crippen molar-refractivity contribution in [1.82, 2.24) is 19.1 Å². The molecule has 0 radical (unpaired) electrons. The van der Waals surface area contributed by atoms with Gasteiger partial charge in [-0.3, -0.25) is 0 Å². The first-order valence-electron chi connectivity index (χ1n) is 21.1. The summed E-state index contributed by atoms with van der Waals surface area (Å²) >= 11 is 0. The van der Waals surface area contributed by atoms with Gasteiger partial charge in [-0.15, -0.1) is 0 Å². The second-order valence-corrected chi connectivity index (χ2v) is 17.0. The zero-order valence-electron chi connectivity index (χ0n) is 33.8. The molecule has 0 amide bonds. The van der Waals surface area contributed by atoms with Crippen molar-refractivity contribution in [3.8, 4) is 45.1 Å². The van der Waals surface area contributed by atoms with E-state index in [2.05, 4.69) is 217 Å². The Labute approximate surface area is 352 Å². The lowest BCUT2D eigenvalue weighted by Crippen LogP contribution is -2.15. The third-order valence-electron chi connectivity index (χ3n) is 13.3. The van der Waals surface area contributed by atoms with Gasteiger partial charge in [0.25, 0.3) is 0 Å². The maximum absolute atomic E-state index is 5.41. The van der Waals surface area contributed by atoms with Crippen molar-refractivity contribution in [1.29, 1.82) is 0 Å². The fourth-order valence-electron chi connectivity index (χ4n) is 10.4. The molecule has 4 heteroatoms. The summed E-state index contributed by atoms with van der Waals surface area (Å²) in [6.45, 7) is 4.66. The molecule has 0 aliphatic heterocycles. The van der Waals surface area contributed by atoms with Crippen molar-refractivity contribution in [3.63, 3.8) is 0 Å². The summed E-state index contributed by atoms with van der Waals surface area (Å²) in [6, 6.07) is 70.6. The highest BCUT2D eigenvalue weighted by Gasteiger charge is 2.35. The summed E-state index contributed by atoms with van der Waals surface area (Å²) in [5.41, 5.74) is 16.1. The monoisotopic (exact) mass is 778 g/mol. The minimum absolute atomic E-state index is 0.109. The molecule has 0 saturated carbocycles. The average molecular weight is 779 g/mol. The van der Waals surface area contributed by atoms with Crippen LogP contribution in [0.15, 0.2) is 194 Å². The van der Waals surface area contributed by atoms with Gasteiger partial charge >= 0.3 is 0 Å². The van der Waals surface area contributed by atoms with Crippen LogP contribution in [-0.4, -0.2) is 19.1 Å². The first-order chi connectivity index (χ1) is 30.0. The highest BCUT2D eigenvalue weighted by molar-refractivity contribution is 6.14. The van der Waals surface area contributed by atoms with Crippen LogP contribution in [0.3, 0.4) is 0 Å². The molecule has 0 fully saturated rings. The lowest BCUT2D eigenvalue weighted by molar-refractivity contribution is 0.660. The van der Waals surface area contributed by atoms with Gasteiger partial charge in [-0.25, -0.2) is 9.97 Å². The number of para-hydroxylation sites is 4. The molecule has 286 valence electrons. The van der Waals surface area contributed by atoms with Crippen molar-refractivity contribution in [2.24, 2.45) is 0 Å². The van der Waals surface area contributed by atoms with Crippen molar-refractivity contribution in [2.75, 3.05) is 0 Å². The fraction of sp³-hybridized carbons (Fsp3) is 0.0526. The number of nitrogens with zero attached hydrogens (tertiary/aromatic N) is 4. The average Bonchev–Trinajstić information content (AvgIpc) is 3.90. The summed E-state index contributed by atoms with van der Waals surface area (Å²) in [4.78, 5) is 10.6. The Morgan fingerprint density at radius 2 is 1.00 bits per heavy atom. The first-order valence-corrected chi connectivity index (χ1v) is 21.1. The Kier molecular flexibility index (Phi) is 7.04. The molecule has 0 spiro atoms. The van der Waals surface area contributed by atoms with Gasteiger partial charge in [-0.1, -0.05) is 141 Å². The lowest BCUT2D eigenvalue weighted by atomic mass is 9.82. The van der Waals surface area contributed by atoms with Gasteiger partial charge in [0.15, 0.2) is 5.82 Å². The molecular weight excluding hydrogens is 741 g/mol. The predicted octanol–water partition coefficient (Wildman–Crippen LogP) is 14.6. The molecule has 4 nitrogen and oxygen atoms in total. The maximum Gasteiger partial charge on any atom is 0.160 e.